The molecule has 0 bridgehead atoms. The van der Waals surface area contributed by atoms with Gasteiger partial charge in [0.25, 0.3) is 0 Å². The second-order valence-corrected chi connectivity index (χ2v) is 5.74. The van der Waals surface area contributed by atoms with Gasteiger partial charge in [0.1, 0.15) is 0 Å². The number of nitrogens with one attached hydrogen (secondary N) is 1. The summed E-state index contributed by atoms with van der Waals surface area (Å²) in [7, 11) is 0. The first kappa shape index (κ1) is 15.2. The summed E-state index contributed by atoms with van der Waals surface area (Å²) in [4.78, 5) is 13.6. The van der Waals surface area contributed by atoms with Crippen molar-refractivity contribution in [3.05, 3.63) is 12.2 Å². The molecule has 1 rings (SSSR count). The molecule has 4 heteroatoms. The Labute approximate surface area is 111 Å². The number of hydrogen-bond donors (Lipinski definition) is 2. The Morgan fingerprint density at radius 1 is 1.50 bits per heavy atom. The molecule has 1 aliphatic rings. The molecular formula is C14H27N3O. The molecule has 0 spiro atoms. The molecule has 3 N–H and O–H groups in total. The van der Waals surface area contributed by atoms with Gasteiger partial charge in [0.15, 0.2) is 0 Å². The molecule has 0 aromatic heterocycles. The Kier molecular flexibility index (Phi) is 5.82. The fourth-order valence-corrected chi connectivity index (χ4v) is 2.32. The van der Waals surface area contributed by atoms with Gasteiger partial charge in [0.05, 0.1) is 5.92 Å². The molecule has 2 unspecified atom stereocenters. The van der Waals surface area contributed by atoms with Crippen LogP contribution in [-0.2, 0) is 4.79 Å². The summed E-state index contributed by atoms with van der Waals surface area (Å²) in [5, 5.41) is 3.37. The number of rotatable bonds is 6. The molecule has 1 saturated heterocycles. The quantitative estimate of drug-likeness (QED) is 0.698. The van der Waals surface area contributed by atoms with Crippen molar-refractivity contribution < 1.29 is 4.79 Å². The largest absolute Gasteiger partial charge is 0.369 e. The van der Waals surface area contributed by atoms with Crippen molar-refractivity contribution in [1.82, 2.24) is 10.2 Å². The van der Waals surface area contributed by atoms with Crippen LogP contribution < -0.4 is 11.1 Å². The maximum Gasteiger partial charge on any atom is 0.221 e. The maximum absolute atomic E-state index is 11.3. The Morgan fingerprint density at radius 2 is 2.17 bits per heavy atom. The first-order valence-electron chi connectivity index (χ1n) is 6.83. The predicted molar refractivity (Wildman–Crippen MR) is 75.2 cm³/mol. The van der Waals surface area contributed by atoms with E-state index in [1.165, 1.54) is 5.57 Å². The number of carbonyl (C=O) groups is 1. The molecule has 0 aliphatic carbocycles. The first-order valence-corrected chi connectivity index (χ1v) is 6.83. The van der Waals surface area contributed by atoms with Crippen LogP contribution in [0.3, 0.4) is 0 Å². The van der Waals surface area contributed by atoms with E-state index in [2.05, 4.69) is 37.6 Å². The van der Waals surface area contributed by atoms with E-state index in [1.807, 2.05) is 0 Å². The maximum atomic E-state index is 11.3. The number of likely N-dealkylation sites (tertiary alicyclic amines) is 1. The van der Waals surface area contributed by atoms with Crippen LogP contribution in [0.25, 0.3) is 0 Å². The van der Waals surface area contributed by atoms with E-state index in [0.717, 1.165) is 32.5 Å². The zero-order chi connectivity index (χ0) is 13.7. The third-order valence-corrected chi connectivity index (χ3v) is 3.60. The molecule has 104 valence electrons. The molecule has 1 aliphatic heterocycles. The molecule has 1 heterocycles. The van der Waals surface area contributed by atoms with Crippen molar-refractivity contribution in [1.29, 1.82) is 0 Å². The van der Waals surface area contributed by atoms with Crippen LogP contribution in [0.1, 0.15) is 33.6 Å². The Bertz CT molecular complexity index is 301. The van der Waals surface area contributed by atoms with Crippen LogP contribution in [-0.4, -0.2) is 42.5 Å². The zero-order valence-corrected chi connectivity index (χ0v) is 11.9. The summed E-state index contributed by atoms with van der Waals surface area (Å²) in [6.45, 7) is 13.0. The average molecular weight is 253 g/mol. The summed E-state index contributed by atoms with van der Waals surface area (Å²) in [5.41, 5.74) is 6.57. The van der Waals surface area contributed by atoms with Crippen LogP contribution in [0.4, 0.5) is 0 Å². The van der Waals surface area contributed by atoms with Gasteiger partial charge in [-0.05, 0) is 25.3 Å². The van der Waals surface area contributed by atoms with E-state index in [9.17, 15) is 4.79 Å². The van der Waals surface area contributed by atoms with Crippen molar-refractivity contribution >= 4 is 5.91 Å². The van der Waals surface area contributed by atoms with Crippen LogP contribution >= 0.6 is 0 Å². The lowest BCUT2D eigenvalue weighted by molar-refractivity contribution is -0.123. The van der Waals surface area contributed by atoms with E-state index in [4.69, 9.17) is 5.73 Å². The summed E-state index contributed by atoms with van der Waals surface area (Å²) in [6, 6.07) is 0.982. The number of primary amides is 1. The molecule has 0 aromatic carbocycles. The molecular weight excluding hydrogens is 226 g/mol. The summed E-state index contributed by atoms with van der Waals surface area (Å²) in [6.07, 6.45) is 1.96. The van der Waals surface area contributed by atoms with Gasteiger partial charge in [-0.25, -0.2) is 0 Å². The van der Waals surface area contributed by atoms with Crippen LogP contribution in [0.15, 0.2) is 12.2 Å². The second-order valence-electron chi connectivity index (χ2n) is 5.74. The van der Waals surface area contributed by atoms with Gasteiger partial charge >= 0.3 is 0 Å². The molecule has 2 atom stereocenters. The molecule has 18 heavy (non-hydrogen) atoms. The van der Waals surface area contributed by atoms with Crippen molar-refractivity contribution in [3.8, 4) is 0 Å². The number of carbonyl (C=O) groups excluding carboxylic acids is 1. The summed E-state index contributed by atoms with van der Waals surface area (Å²) in [5.74, 6) is -0.162. The third-order valence-electron chi connectivity index (χ3n) is 3.60. The van der Waals surface area contributed by atoms with Gasteiger partial charge < -0.3 is 11.1 Å². The third kappa shape index (κ3) is 4.78. The van der Waals surface area contributed by atoms with Gasteiger partial charge in [-0.2, -0.15) is 0 Å². The summed E-state index contributed by atoms with van der Waals surface area (Å²) >= 11 is 0. The Morgan fingerprint density at radius 3 is 2.72 bits per heavy atom. The number of nitrogens with zero attached hydrogens (tertiary/aromatic N) is 1. The average Bonchev–Trinajstić information content (AvgIpc) is 2.29. The van der Waals surface area contributed by atoms with E-state index in [1.54, 1.807) is 0 Å². The topological polar surface area (TPSA) is 58.4 Å². The Balaban J connectivity index is 2.43. The smallest absolute Gasteiger partial charge is 0.221 e. The van der Waals surface area contributed by atoms with Gasteiger partial charge in [-0.3, -0.25) is 9.69 Å². The monoisotopic (exact) mass is 253 g/mol. The lowest BCUT2D eigenvalue weighted by atomic mass is 9.92. The minimum atomic E-state index is -0.169. The highest BCUT2D eigenvalue weighted by Crippen LogP contribution is 2.22. The molecule has 0 aromatic rings. The standard InChI is InChI=1S/C14H27N3O/c1-10(2)16-7-11(3)8-17-9-13(14(15)18)6-5-12(17)4/h10,12-13,16H,3,5-9H2,1-2,4H3,(H2,15,18). The molecule has 0 radical (unpaired) electrons. The highest BCUT2D eigenvalue weighted by molar-refractivity contribution is 5.77. The van der Waals surface area contributed by atoms with Crippen LogP contribution in [0.5, 0.6) is 0 Å². The lowest BCUT2D eigenvalue weighted by Crippen LogP contribution is -2.47. The molecule has 0 saturated carbocycles. The van der Waals surface area contributed by atoms with Gasteiger partial charge in [-0.1, -0.05) is 20.4 Å². The molecule has 1 fully saturated rings. The lowest BCUT2D eigenvalue weighted by Gasteiger charge is -2.37. The normalized spacial score (nSPS) is 25.3. The highest BCUT2D eigenvalue weighted by Gasteiger charge is 2.28. The van der Waals surface area contributed by atoms with E-state index in [0.29, 0.717) is 12.1 Å². The fraction of sp³-hybridized carbons (Fsp3) is 0.786. The van der Waals surface area contributed by atoms with E-state index < -0.39 is 0 Å². The van der Waals surface area contributed by atoms with E-state index >= 15 is 0 Å². The minimum Gasteiger partial charge on any atom is -0.369 e. The van der Waals surface area contributed by atoms with Gasteiger partial charge in [-0.15, -0.1) is 0 Å². The van der Waals surface area contributed by atoms with Crippen molar-refractivity contribution in [3.63, 3.8) is 0 Å². The SMILES string of the molecule is C=C(CNC(C)C)CN1CC(C(N)=O)CCC1C. The number of piperidine rings is 1. The molecule has 1 amide bonds. The number of nitrogens with two attached hydrogens (primary N) is 1. The second kappa shape index (κ2) is 6.90. The first-order chi connectivity index (χ1) is 8.40. The Hall–Kier alpha value is -0.870. The van der Waals surface area contributed by atoms with Crippen LogP contribution in [0.2, 0.25) is 0 Å². The van der Waals surface area contributed by atoms with E-state index in [-0.39, 0.29) is 11.8 Å². The van der Waals surface area contributed by atoms with Gasteiger partial charge in [0.2, 0.25) is 5.91 Å². The van der Waals surface area contributed by atoms with Crippen molar-refractivity contribution in [2.45, 2.75) is 45.7 Å². The highest BCUT2D eigenvalue weighted by atomic mass is 16.1. The number of amides is 1. The van der Waals surface area contributed by atoms with Crippen LogP contribution in [0, 0.1) is 5.92 Å². The summed E-state index contributed by atoms with van der Waals surface area (Å²) < 4.78 is 0. The predicted octanol–water partition coefficient (Wildman–Crippen LogP) is 1.13. The van der Waals surface area contributed by atoms with Crippen molar-refractivity contribution in [2.75, 3.05) is 19.6 Å². The van der Waals surface area contributed by atoms with Crippen molar-refractivity contribution in [2.24, 2.45) is 11.7 Å². The van der Waals surface area contributed by atoms with Gasteiger partial charge in [0, 0.05) is 31.7 Å². The number of hydrogen-bond acceptors (Lipinski definition) is 3. The minimum absolute atomic E-state index is 0.00654. The molecule has 4 nitrogen and oxygen atoms in total. The zero-order valence-electron chi connectivity index (χ0n) is 11.9. The fourth-order valence-electron chi connectivity index (χ4n) is 2.32.